The van der Waals surface area contributed by atoms with Gasteiger partial charge in [0.15, 0.2) is 5.17 Å². The molecule has 1 saturated heterocycles. The highest BCUT2D eigenvalue weighted by Crippen LogP contribution is 2.28. The molecule has 0 saturated carbocycles. The number of nitrogens with zero attached hydrogens (tertiary/aromatic N) is 1. The van der Waals surface area contributed by atoms with E-state index in [-0.39, 0.29) is 11.7 Å². The van der Waals surface area contributed by atoms with Crippen molar-refractivity contribution in [1.29, 1.82) is 0 Å². The van der Waals surface area contributed by atoms with Gasteiger partial charge in [-0.2, -0.15) is 0 Å². The number of carbonyl (C=O) groups excluding carboxylic acids is 1. The number of rotatable bonds is 3. The lowest BCUT2D eigenvalue weighted by molar-refractivity contribution is -0.115. The predicted molar refractivity (Wildman–Crippen MR) is 91.9 cm³/mol. The Labute approximate surface area is 137 Å². The van der Waals surface area contributed by atoms with Crippen LogP contribution in [0.2, 0.25) is 0 Å². The van der Waals surface area contributed by atoms with Crippen LogP contribution in [-0.4, -0.2) is 23.3 Å². The Kier molecular flexibility index (Phi) is 4.34. The molecule has 0 bridgehead atoms. The number of hydrogen-bond donors (Lipinski definition) is 2. The number of hydrogen-bond acceptors (Lipinski definition) is 5. The summed E-state index contributed by atoms with van der Waals surface area (Å²) >= 11 is 1.28. The van der Waals surface area contributed by atoms with Crippen LogP contribution < -0.4 is 10.1 Å². The van der Waals surface area contributed by atoms with E-state index in [9.17, 15) is 9.90 Å². The van der Waals surface area contributed by atoms with Crippen LogP contribution in [0.15, 0.2) is 58.4 Å². The van der Waals surface area contributed by atoms with Gasteiger partial charge in [-0.05, 0) is 59.8 Å². The van der Waals surface area contributed by atoms with Gasteiger partial charge in [-0.25, -0.2) is 4.99 Å². The van der Waals surface area contributed by atoms with Crippen molar-refractivity contribution in [3.8, 4) is 11.5 Å². The molecule has 1 aliphatic heterocycles. The van der Waals surface area contributed by atoms with Crippen LogP contribution in [0.25, 0.3) is 6.08 Å². The standard InChI is InChI=1S/C17H14N2O3S/c1-22-14-8-2-11(3-9-14)10-15-16(21)19-17(23-15)18-12-4-6-13(20)7-5-12/h2-10,20H,1H3,(H,18,19,21)/b15-10+. The van der Waals surface area contributed by atoms with E-state index in [1.54, 1.807) is 37.5 Å². The number of benzene rings is 2. The number of nitrogens with one attached hydrogen (secondary N) is 1. The smallest absolute Gasteiger partial charge is 0.264 e. The van der Waals surface area contributed by atoms with Crippen molar-refractivity contribution < 1.29 is 14.6 Å². The zero-order chi connectivity index (χ0) is 16.2. The van der Waals surface area contributed by atoms with E-state index in [0.29, 0.717) is 15.8 Å². The number of carbonyl (C=O) groups is 1. The fraction of sp³-hybridized carbons (Fsp3) is 0.0588. The number of ether oxygens (including phenoxy) is 1. The van der Waals surface area contributed by atoms with Crippen LogP contribution in [0.1, 0.15) is 5.56 Å². The summed E-state index contributed by atoms with van der Waals surface area (Å²) in [6.07, 6.45) is 1.80. The molecule has 116 valence electrons. The second kappa shape index (κ2) is 6.58. The van der Waals surface area contributed by atoms with Crippen molar-refractivity contribution in [2.24, 2.45) is 4.99 Å². The van der Waals surface area contributed by atoms with Gasteiger partial charge in [0.2, 0.25) is 0 Å². The summed E-state index contributed by atoms with van der Waals surface area (Å²) in [6, 6.07) is 13.9. The third-order valence-electron chi connectivity index (χ3n) is 3.14. The van der Waals surface area contributed by atoms with E-state index in [0.717, 1.165) is 11.3 Å². The Morgan fingerprint density at radius 1 is 1.13 bits per heavy atom. The molecule has 0 aromatic heterocycles. The van der Waals surface area contributed by atoms with Gasteiger partial charge in [0.25, 0.3) is 5.91 Å². The zero-order valence-electron chi connectivity index (χ0n) is 12.3. The van der Waals surface area contributed by atoms with Crippen LogP contribution >= 0.6 is 11.8 Å². The highest BCUT2D eigenvalue weighted by Gasteiger charge is 2.23. The van der Waals surface area contributed by atoms with Crippen LogP contribution in [0.3, 0.4) is 0 Å². The number of aromatic hydroxyl groups is 1. The molecule has 2 N–H and O–H groups in total. The average molecular weight is 326 g/mol. The van der Waals surface area contributed by atoms with Crippen LogP contribution in [-0.2, 0) is 4.79 Å². The second-order valence-electron chi connectivity index (χ2n) is 4.77. The van der Waals surface area contributed by atoms with Gasteiger partial charge in [0, 0.05) is 0 Å². The fourth-order valence-electron chi connectivity index (χ4n) is 1.98. The normalized spacial score (nSPS) is 17.5. The molecule has 0 unspecified atom stereocenters. The molecule has 5 nitrogen and oxygen atoms in total. The van der Waals surface area contributed by atoms with Crippen molar-refractivity contribution in [1.82, 2.24) is 5.32 Å². The average Bonchev–Trinajstić information content (AvgIpc) is 2.90. The van der Waals surface area contributed by atoms with Gasteiger partial charge in [0.05, 0.1) is 17.7 Å². The highest BCUT2D eigenvalue weighted by atomic mass is 32.2. The minimum Gasteiger partial charge on any atom is -0.508 e. The number of thioether (sulfide) groups is 1. The van der Waals surface area contributed by atoms with Crippen LogP contribution in [0, 0.1) is 0 Å². The topological polar surface area (TPSA) is 70.9 Å². The Bertz CT molecular complexity index is 780. The van der Waals surface area contributed by atoms with Crippen molar-refractivity contribution in [3.05, 3.63) is 59.0 Å². The molecule has 2 aromatic carbocycles. The van der Waals surface area contributed by atoms with Crippen LogP contribution in [0.5, 0.6) is 11.5 Å². The molecule has 1 heterocycles. The SMILES string of the molecule is COc1ccc(/C=C2/SC(=Nc3ccc(O)cc3)NC2=O)cc1. The monoisotopic (exact) mass is 326 g/mol. The van der Waals surface area contributed by atoms with Crippen LogP contribution in [0.4, 0.5) is 5.69 Å². The first-order chi connectivity index (χ1) is 11.1. The molecule has 6 heteroatoms. The maximum absolute atomic E-state index is 12.0. The Morgan fingerprint density at radius 2 is 1.83 bits per heavy atom. The van der Waals surface area contributed by atoms with Gasteiger partial charge >= 0.3 is 0 Å². The molecular weight excluding hydrogens is 312 g/mol. The van der Waals surface area contributed by atoms with Gasteiger partial charge in [-0.15, -0.1) is 0 Å². The first-order valence-electron chi connectivity index (χ1n) is 6.87. The maximum atomic E-state index is 12.0. The number of phenols is 1. The summed E-state index contributed by atoms with van der Waals surface area (Å²) in [7, 11) is 1.61. The first-order valence-corrected chi connectivity index (χ1v) is 7.68. The quantitative estimate of drug-likeness (QED) is 0.849. The number of amidine groups is 1. The summed E-state index contributed by atoms with van der Waals surface area (Å²) < 4.78 is 5.11. The van der Waals surface area contributed by atoms with Crippen molar-refractivity contribution >= 4 is 34.6 Å². The molecule has 0 atom stereocenters. The summed E-state index contributed by atoms with van der Waals surface area (Å²) in [5.74, 6) is 0.769. The molecule has 0 aliphatic carbocycles. The van der Waals surface area contributed by atoms with Crippen molar-refractivity contribution in [3.63, 3.8) is 0 Å². The molecule has 1 aliphatic rings. The third kappa shape index (κ3) is 3.73. The zero-order valence-corrected chi connectivity index (χ0v) is 13.1. The maximum Gasteiger partial charge on any atom is 0.264 e. The fourth-order valence-corrected chi connectivity index (χ4v) is 2.82. The highest BCUT2D eigenvalue weighted by molar-refractivity contribution is 8.18. The Morgan fingerprint density at radius 3 is 2.48 bits per heavy atom. The summed E-state index contributed by atoms with van der Waals surface area (Å²) in [5.41, 5.74) is 1.57. The van der Waals surface area contributed by atoms with Crippen molar-refractivity contribution in [2.45, 2.75) is 0 Å². The second-order valence-corrected chi connectivity index (χ2v) is 5.80. The molecule has 3 rings (SSSR count). The molecular formula is C17H14N2O3S. The lowest BCUT2D eigenvalue weighted by Gasteiger charge is -1.99. The van der Waals surface area contributed by atoms with E-state index in [4.69, 9.17) is 4.74 Å². The molecule has 1 amide bonds. The van der Waals surface area contributed by atoms with E-state index in [1.807, 2.05) is 24.3 Å². The molecule has 0 radical (unpaired) electrons. The third-order valence-corrected chi connectivity index (χ3v) is 4.05. The van der Waals surface area contributed by atoms with Gasteiger partial charge < -0.3 is 15.2 Å². The molecule has 1 fully saturated rings. The Hall–Kier alpha value is -2.73. The number of amides is 1. The van der Waals surface area contributed by atoms with Gasteiger partial charge in [0.1, 0.15) is 11.5 Å². The largest absolute Gasteiger partial charge is 0.508 e. The molecule has 0 spiro atoms. The van der Waals surface area contributed by atoms with Crippen molar-refractivity contribution in [2.75, 3.05) is 7.11 Å². The van der Waals surface area contributed by atoms with Gasteiger partial charge in [-0.1, -0.05) is 12.1 Å². The number of aliphatic imine (C=N–C) groups is 1. The minimum atomic E-state index is -0.177. The first kappa shape index (κ1) is 15.2. The van der Waals surface area contributed by atoms with E-state index >= 15 is 0 Å². The van der Waals surface area contributed by atoms with Gasteiger partial charge in [-0.3, -0.25) is 4.79 Å². The number of phenolic OH excluding ortho intramolecular Hbond substituents is 1. The summed E-state index contributed by atoms with van der Waals surface area (Å²) in [6.45, 7) is 0. The van der Waals surface area contributed by atoms with E-state index in [1.165, 1.54) is 11.8 Å². The van der Waals surface area contributed by atoms with E-state index in [2.05, 4.69) is 10.3 Å². The summed E-state index contributed by atoms with van der Waals surface area (Å²) in [4.78, 5) is 16.9. The summed E-state index contributed by atoms with van der Waals surface area (Å²) in [5, 5.41) is 12.5. The minimum absolute atomic E-state index is 0.177. The lowest BCUT2D eigenvalue weighted by atomic mass is 10.2. The lowest BCUT2D eigenvalue weighted by Crippen LogP contribution is -2.19. The number of methoxy groups -OCH3 is 1. The van der Waals surface area contributed by atoms with E-state index < -0.39 is 0 Å². The molecule has 23 heavy (non-hydrogen) atoms. The Balaban J connectivity index is 1.78. The predicted octanol–water partition coefficient (Wildman–Crippen LogP) is 3.29. The molecule has 2 aromatic rings.